The van der Waals surface area contributed by atoms with Crippen LogP contribution in [-0.2, 0) is 11.3 Å². The van der Waals surface area contributed by atoms with Gasteiger partial charge in [0.05, 0.1) is 19.7 Å². The highest BCUT2D eigenvalue weighted by atomic mass is 16.5. The second-order valence-electron chi connectivity index (χ2n) is 5.84. The van der Waals surface area contributed by atoms with E-state index in [-0.39, 0.29) is 5.91 Å². The van der Waals surface area contributed by atoms with E-state index in [1.54, 1.807) is 4.90 Å². The topological polar surface area (TPSA) is 63.0 Å². The van der Waals surface area contributed by atoms with Gasteiger partial charge in [0.1, 0.15) is 18.9 Å². The van der Waals surface area contributed by atoms with Gasteiger partial charge in [-0.15, -0.1) is 0 Å². The highest BCUT2D eigenvalue weighted by Gasteiger charge is 2.13. The zero-order chi connectivity index (χ0) is 15.6. The Hall–Kier alpha value is -1.59. The quantitative estimate of drug-likeness (QED) is 0.598. The van der Waals surface area contributed by atoms with E-state index in [0.29, 0.717) is 13.2 Å². The molecule has 0 saturated carbocycles. The molecule has 5 heteroatoms. The lowest BCUT2D eigenvalue weighted by Crippen LogP contribution is -3.11. The third-order valence-electron chi connectivity index (χ3n) is 3.97. The highest BCUT2D eigenvalue weighted by molar-refractivity contribution is 5.76. The second-order valence-corrected chi connectivity index (χ2v) is 5.84. The normalized spacial score (nSPS) is 15.5. The van der Waals surface area contributed by atoms with Crippen LogP contribution in [0.1, 0.15) is 31.2 Å². The Morgan fingerprint density at radius 2 is 2.09 bits per heavy atom. The maximum atomic E-state index is 10.9. The van der Waals surface area contributed by atoms with Gasteiger partial charge < -0.3 is 20.1 Å². The predicted molar refractivity (Wildman–Crippen MR) is 84.9 cm³/mol. The van der Waals surface area contributed by atoms with E-state index in [1.165, 1.54) is 37.9 Å². The molecule has 1 saturated heterocycles. The summed E-state index contributed by atoms with van der Waals surface area (Å²) in [6.07, 6.45) is 4.78. The molecule has 1 heterocycles. The lowest BCUT2D eigenvalue weighted by molar-refractivity contribution is -0.918. The Labute approximate surface area is 132 Å². The number of hydrogen-bond donors (Lipinski definition) is 3. The fourth-order valence-electron chi connectivity index (χ4n) is 2.81. The van der Waals surface area contributed by atoms with Crippen molar-refractivity contribution in [2.24, 2.45) is 0 Å². The molecule has 0 aromatic heterocycles. The van der Waals surface area contributed by atoms with E-state index in [2.05, 4.69) is 17.4 Å². The number of aliphatic hydroxyl groups excluding tert-OH is 1. The summed E-state index contributed by atoms with van der Waals surface area (Å²) in [6.45, 7) is 4.25. The van der Waals surface area contributed by atoms with Crippen LogP contribution in [0.25, 0.3) is 0 Å². The van der Waals surface area contributed by atoms with Crippen molar-refractivity contribution >= 4 is 5.91 Å². The van der Waals surface area contributed by atoms with E-state index in [4.69, 9.17) is 9.84 Å². The number of quaternary nitrogens is 1. The number of carbonyl (C=O) groups is 1. The summed E-state index contributed by atoms with van der Waals surface area (Å²) in [7, 11) is 0. The number of ether oxygens (including phenoxy) is 1. The van der Waals surface area contributed by atoms with Gasteiger partial charge >= 0.3 is 0 Å². The van der Waals surface area contributed by atoms with Crippen LogP contribution >= 0.6 is 0 Å². The van der Waals surface area contributed by atoms with Crippen LogP contribution in [0.5, 0.6) is 5.75 Å². The molecule has 2 rings (SSSR count). The summed E-state index contributed by atoms with van der Waals surface area (Å²) in [5.74, 6) is 0.550. The molecule has 0 bridgehead atoms. The molecule has 1 aromatic carbocycles. The Morgan fingerprint density at radius 3 is 2.86 bits per heavy atom. The van der Waals surface area contributed by atoms with E-state index < -0.39 is 6.61 Å². The third kappa shape index (κ3) is 6.03. The number of amides is 1. The summed E-state index contributed by atoms with van der Waals surface area (Å²) in [5.41, 5.74) is 1.32. The monoisotopic (exact) mass is 307 g/mol. The molecule has 0 unspecified atom stereocenters. The lowest BCUT2D eigenvalue weighted by Gasteiger charge is -2.23. The number of benzene rings is 1. The minimum absolute atomic E-state index is 0.341. The number of hydrogen-bond acceptors (Lipinski definition) is 3. The summed E-state index contributed by atoms with van der Waals surface area (Å²) in [5, 5.41) is 11.2. The first-order chi connectivity index (χ1) is 10.8. The van der Waals surface area contributed by atoms with Gasteiger partial charge in [-0.3, -0.25) is 4.79 Å². The molecular weight excluding hydrogens is 280 g/mol. The van der Waals surface area contributed by atoms with Gasteiger partial charge in [0.2, 0.25) is 5.91 Å². The SMILES string of the molecule is O=C(CO)NCCCOc1cccc(C[NH+]2CCCCC2)c1. The van der Waals surface area contributed by atoms with Crippen LogP contribution in [0, 0.1) is 0 Å². The molecule has 0 spiro atoms. The first-order valence-corrected chi connectivity index (χ1v) is 8.21. The fraction of sp³-hybridized carbons (Fsp3) is 0.588. The van der Waals surface area contributed by atoms with Crippen LogP contribution in [0.2, 0.25) is 0 Å². The van der Waals surface area contributed by atoms with Crippen molar-refractivity contribution in [1.29, 1.82) is 0 Å². The maximum Gasteiger partial charge on any atom is 0.245 e. The summed E-state index contributed by atoms with van der Waals surface area (Å²) >= 11 is 0. The molecule has 1 fully saturated rings. The number of carbonyl (C=O) groups excluding carboxylic acids is 1. The number of likely N-dealkylation sites (tertiary alicyclic amines) is 1. The average Bonchev–Trinajstić information content (AvgIpc) is 2.55. The van der Waals surface area contributed by atoms with E-state index in [9.17, 15) is 4.79 Å². The Kier molecular flexibility index (Phi) is 7.19. The van der Waals surface area contributed by atoms with Crippen molar-refractivity contribution in [3.8, 4) is 5.75 Å². The minimum Gasteiger partial charge on any atom is -0.494 e. The standard InChI is InChI=1S/C17H26N2O3/c20-14-17(21)18-8-5-11-22-16-7-4-6-15(12-16)13-19-9-2-1-3-10-19/h4,6-7,12,20H,1-3,5,8-11,13-14H2,(H,18,21)/p+1. The van der Waals surface area contributed by atoms with E-state index in [0.717, 1.165) is 18.7 Å². The Balaban J connectivity index is 1.70. The molecule has 3 N–H and O–H groups in total. The van der Waals surface area contributed by atoms with Gasteiger partial charge in [0.25, 0.3) is 0 Å². The van der Waals surface area contributed by atoms with Crippen LogP contribution in [-0.4, -0.2) is 43.9 Å². The number of rotatable bonds is 8. The smallest absolute Gasteiger partial charge is 0.245 e. The van der Waals surface area contributed by atoms with Crippen molar-refractivity contribution < 1.29 is 19.5 Å². The van der Waals surface area contributed by atoms with Crippen molar-refractivity contribution in [2.45, 2.75) is 32.2 Å². The predicted octanol–water partition coefficient (Wildman–Crippen LogP) is 0.133. The van der Waals surface area contributed by atoms with Gasteiger partial charge in [-0.1, -0.05) is 12.1 Å². The molecule has 1 aliphatic rings. The number of aliphatic hydroxyl groups is 1. The third-order valence-corrected chi connectivity index (χ3v) is 3.97. The zero-order valence-electron chi connectivity index (χ0n) is 13.1. The van der Waals surface area contributed by atoms with Gasteiger partial charge in [-0.25, -0.2) is 0 Å². The summed E-state index contributed by atoms with van der Waals surface area (Å²) in [6, 6.07) is 8.30. The molecule has 5 nitrogen and oxygen atoms in total. The van der Waals surface area contributed by atoms with Crippen molar-refractivity contribution in [2.75, 3.05) is 32.8 Å². The van der Waals surface area contributed by atoms with Gasteiger partial charge in [0.15, 0.2) is 0 Å². The largest absolute Gasteiger partial charge is 0.494 e. The molecule has 1 aromatic rings. The molecule has 22 heavy (non-hydrogen) atoms. The first-order valence-electron chi connectivity index (χ1n) is 8.21. The minimum atomic E-state index is -0.457. The highest BCUT2D eigenvalue weighted by Crippen LogP contribution is 2.13. The zero-order valence-corrected chi connectivity index (χ0v) is 13.1. The maximum absolute atomic E-state index is 10.9. The fourth-order valence-corrected chi connectivity index (χ4v) is 2.81. The van der Waals surface area contributed by atoms with Crippen LogP contribution in [0.15, 0.2) is 24.3 Å². The van der Waals surface area contributed by atoms with Gasteiger partial charge in [0, 0.05) is 12.1 Å². The number of piperidine rings is 1. The molecule has 0 aliphatic carbocycles. The summed E-state index contributed by atoms with van der Waals surface area (Å²) in [4.78, 5) is 12.5. The lowest BCUT2D eigenvalue weighted by atomic mass is 10.1. The Morgan fingerprint density at radius 1 is 1.27 bits per heavy atom. The molecule has 1 amide bonds. The van der Waals surface area contributed by atoms with Crippen LogP contribution in [0.4, 0.5) is 0 Å². The first kappa shape index (κ1) is 16.8. The Bertz CT molecular complexity index is 459. The van der Waals surface area contributed by atoms with Crippen LogP contribution in [0.3, 0.4) is 0 Å². The summed E-state index contributed by atoms with van der Waals surface area (Å²) < 4.78 is 5.73. The number of nitrogens with one attached hydrogen (secondary N) is 2. The van der Waals surface area contributed by atoms with Crippen LogP contribution < -0.4 is 15.0 Å². The second kappa shape index (κ2) is 9.43. The van der Waals surface area contributed by atoms with Gasteiger partial charge in [-0.05, 0) is 37.8 Å². The van der Waals surface area contributed by atoms with Gasteiger partial charge in [-0.2, -0.15) is 0 Å². The molecule has 1 aliphatic heterocycles. The molecule has 0 radical (unpaired) electrons. The average molecular weight is 307 g/mol. The molecular formula is C17H27N2O3+. The van der Waals surface area contributed by atoms with Crippen molar-refractivity contribution in [3.63, 3.8) is 0 Å². The molecule has 122 valence electrons. The van der Waals surface area contributed by atoms with E-state index >= 15 is 0 Å². The van der Waals surface area contributed by atoms with Crippen molar-refractivity contribution in [3.05, 3.63) is 29.8 Å². The van der Waals surface area contributed by atoms with Crippen molar-refractivity contribution in [1.82, 2.24) is 5.32 Å². The molecule has 0 atom stereocenters. The van der Waals surface area contributed by atoms with E-state index in [1.807, 2.05) is 12.1 Å².